The van der Waals surface area contributed by atoms with Crippen molar-refractivity contribution in [1.29, 1.82) is 0 Å². The number of fused-ring (bicyclic) bond motifs is 4. The highest BCUT2D eigenvalue weighted by Gasteiger charge is 2.28. The molecule has 0 spiro atoms. The van der Waals surface area contributed by atoms with E-state index in [4.69, 9.17) is 24.4 Å². The van der Waals surface area contributed by atoms with Gasteiger partial charge in [-0.15, -0.1) is 11.3 Å². The molecule has 0 atom stereocenters. The van der Waals surface area contributed by atoms with E-state index in [0.717, 1.165) is 83.6 Å². The van der Waals surface area contributed by atoms with Gasteiger partial charge in [-0.1, -0.05) is 0 Å². The maximum atomic E-state index is 5.99. The highest BCUT2D eigenvalue weighted by atomic mass is 32.1. The Morgan fingerprint density at radius 1 is 1.21 bits per heavy atom. The molecule has 1 fully saturated rings. The van der Waals surface area contributed by atoms with Crippen LogP contribution < -0.4 is 5.32 Å². The fourth-order valence-electron chi connectivity index (χ4n) is 4.04. The van der Waals surface area contributed by atoms with Gasteiger partial charge in [-0.3, -0.25) is 4.90 Å². The molecule has 1 N–H and O–H groups in total. The van der Waals surface area contributed by atoms with Crippen LogP contribution in [0.25, 0.3) is 20.4 Å². The van der Waals surface area contributed by atoms with E-state index >= 15 is 0 Å². The summed E-state index contributed by atoms with van der Waals surface area (Å²) in [5.74, 6) is 1.69. The third kappa shape index (κ3) is 3.82. The minimum absolute atomic E-state index is 0.160. The molecule has 8 heteroatoms. The van der Waals surface area contributed by atoms with Crippen LogP contribution in [0.3, 0.4) is 0 Å². The molecule has 2 aliphatic heterocycles. The van der Waals surface area contributed by atoms with E-state index < -0.39 is 0 Å². The fourth-order valence-corrected chi connectivity index (χ4v) is 5.12. The van der Waals surface area contributed by atoms with Gasteiger partial charge in [0.2, 0.25) is 0 Å². The lowest BCUT2D eigenvalue weighted by atomic mass is 9.95. The van der Waals surface area contributed by atoms with E-state index in [9.17, 15) is 0 Å². The standard InChI is InChI=1S/C21H27N5O2S/c1-13-23-17-15-10-14-12-28-21(2,3)11-16(14)25-20(15)29-18(17)19(24-13)22-4-5-26-6-8-27-9-7-26/h10H,4-9,11-12H2,1-3H3,(H,22,23,24). The number of pyridine rings is 1. The minimum atomic E-state index is -0.160. The maximum Gasteiger partial charge on any atom is 0.147 e. The van der Waals surface area contributed by atoms with Crippen LogP contribution in [-0.2, 0) is 22.5 Å². The van der Waals surface area contributed by atoms with Gasteiger partial charge in [-0.2, -0.15) is 0 Å². The first-order chi connectivity index (χ1) is 14.0. The van der Waals surface area contributed by atoms with Gasteiger partial charge < -0.3 is 14.8 Å². The predicted molar refractivity (Wildman–Crippen MR) is 116 cm³/mol. The second-order valence-corrected chi connectivity index (χ2v) is 9.45. The van der Waals surface area contributed by atoms with Crippen LogP contribution in [0.4, 0.5) is 5.82 Å². The van der Waals surface area contributed by atoms with Crippen LogP contribution in [0.5, 0.6) is 0 Å². The van der Waals surface area contributed by atoms with Gasteiger partial charge in [-0.05, 0) is 26.8 Å². The lowest BCUT2D eigenvalue weighted by Crippen LogP contribution is -2.39. The largest absolute Gasteiger partial charge is 0.379 e. The average Bonchev–Trinajstić information content (AvgIpc) is 3.04. The number of aromatic nitrogens is 3. The number of nitrogens with zero attached hydrogens (tertiary/aromatic N) is 4. The zero-order chi connectivity index (χ0) is 20.0. The quantitative estimate of drug-likeness (QED) is 0.704. The number of nitrogens with one attached hydrogen (secondary N) is 1. The summed E-state index contributed by atoms with van der Waals surface area (Å²) in [7, 11) is 0. The molecule has 7 nitrogen and oxygen atoms in total. The molecule has 0 radical (unpaired) electrons. The Morgan fingerprint density at radius 3 is 2.86 bits per heavy atom. The lowest BCUT2D eigenvalue weighted by Gasteiger charge is -2.30. The van der Waals surface area contributed by atoms with Crippen molar-refractivity contribution in [2.45, 2.75) is 39.4 Å². The summed E-state index contributed by atoms with van der Waals surface area (Å²) >= 11 is 1.68. The number of ether oxygens (including phenoxy) is 2. The van der Waals surface area contributed by atoms with Crippen LogP contribution in [-0.4, -0.2) is 64.8 Å². The number of rotatable bonds is 4. The van der Waals surface area contributed by atoms with Crippen molar-refractivity contribution < 1.29 is 9.47 Å². The average molecular weight is 414 g/mol. The molecule has 5 heterocycles. The van der Waals surface area contributed by atoms with Crippen molar-refractivity contribution in [2.24, 2.45) is 0 Å². The van der Waals surface area contributed by atoms with Crippen LogP contribution >= 0.6 is 11.3 Å². The third-order valence-corrected chi connectivity index (χ3v) is 6.72. The maximum absolute atomic E-state index is 5.99. The van der Waals surface area contributed by atoms with Crippen LogP contribution in [0.2, 0.25) is 0 Å². The highest BCUT2D eigenvalue weighted by molar-refractivity contribution is 7.25. The van der Waals surface area contributed by atoms with Crippen LogP contribution in [0.1, 0.15) is 30.9 Å². The normalized spacial score (nSPS) is 19.6. The highest BCUT2D eigenvalue weighted by Crippen LogP contribution is 2.38. The summed E-state index contributed by atoms with van der Waals surface area (Å²) in [6.07, 6.45) is 0.835. The Morgan fingerprint density at radius 2 is 2.03 bits per heavy atom. The van der Waals surface area contributed by atoms with Crippen molar-refractivity contribution in [2.75, 3.05) is 44.7 Å². The van der Waals surface area contributed by atoms with E-state index in [-0.39, 0.29) is 5.60 Å². The Labute approximate surface area is 174 Å². The summed E-state index contributed by atoms with van der Waals surface area (Å²) in [6, 6.07) is 2.22. The van der Waals surface area contributed by atoms with E-state index in [1.807, 2.05) is 6.92 Å². The molecule has 0 aromatic carbocycles. The van der Waals surface area contributed by atoms with Gasteiger partial charge in [-0.25, -0.2) is 15.0 Å². The van der Waals surface area contributed by atoms with Gasteiger partial charge >= 0.3 is 0 Å². The van der Waals surface area contributed by atoms with E-state index in [0.29, 0.717) is 6.61 Å². The Balaban J connectivity index is 1.47. The SMILES string of the molecule is Cc1nc(NCCN2CCOCC2)c2sc3nc4c(cc3c2n1)COC(C)(C)C4. The van der Waals surface area contributed by atoms with Crippen molar-refractivity contribution >= 4 is 37.6 Å². The molecule has 0 saturated carbocycles. The number of thiophene rings is 1. The molecule has 0 bridgehead atoms. The minimum Gasteiger partial charge on any atom is -0.379 e. The lowest BCUT2D eigenvalue weighted by molar-refractivity contribution is -0.0411. The third-order valence-electron chi connectivity index (χ3n) is 5.62. The summed E-state index contributed by atoms with van der Waals surface area (Å²) in [6.45, 7) is 12.3. The Kier molecular flexibility index (Phi) is 4.90. The molecule has 0 unspecified atom stereocenters. The Hall–Kier alpha value is -1.87. The first-order valence-corrected chi connectivity index (χ1v) is 11.1. The molecular weight excluding hydrogens is 386 g/mol. The zero-order valence-electron chi connectivity index (χ0n) is 17.2. The zero-order valence-corrected chi connectivity index (χ0v) is 18.1. The number of morpholine rings is 1. The van der Waals surface area contributed by atoms with Crippen molar-refractivity contribution in [3.05, 3.63) is 23.1 Å². The van der Waals surface area contributed by atoms with E-state index in [2.05, 4.69) is 30.1 Å². The van der Waals surface area contributed by atoms with Crippen LogP contribution in [0.15, 0.2) is 6.07 Å². The smallest absolute Gasteiger partial charge is 0.147 e. The molecule has 5 rings (SSSR count). The number of hydrogen-bond donors (Lipinski definition) is 1. The van der Waals surface area contributed by atoms with Crippen molar-refractivity contribution in [3.8, 4) is 0 Å². The van der Waals surface area contributed by atoms with Gasteiger partial charge in [0.25, 0.3) is 0 Å². The topological polar surface area (TPSA) is 72.4 Å². The van der Waals surface area contributed by atoms with Gasteiger partial charge in [0.15, 0.2) is 0 Å². The monoisotopic (exact) mass is 413 g/mol. The van der Waals surface area contributed by atoms with E-state index in [1.54, 1.807) is 11.3 Å². The first-order valence-electron chi connectivity index (χ1n) is 10.3. The second-order valence-electron chi connectivity index (χ2n) is 8.45. The molecule has 2 aliphatic rings. The Bertz CT molecular complexity index is 1060. The summed E-state index contributed by atoms with van der Waals surface area (Å²) in [5.41, 5.74) is 3.15. The molecule has 154 valence electrons. The molecule has 0 aliphatic carbocycles. The van der Waals surface area contributed by atoms with Crippen molar-refractivity contribution in [3.63, 3.8) is 0 Å². The molecule has 29 heavy (non-hydrogen) atoms. The molecule has 0 amide bonds. The second kappa shape index (κ2) is 7.43. The molecule has 3 aromatic rings. The van der Waals surface area contributed by atoms with Crippen LogP contribution in [0, 0.1) is 6.92 Å². The molecule has 3 aromatic heterocycles. The summed E-state index contributed by atoms with van der Waals surface area (Å²) in [5, 5.41) is 4.65. The fraction of sp³-hybridized carbons (Fsp3) is 0.571. The first kappa shape index (κ1) is 19.1. The van der Waals surface area contributed by atoms with Gasteiger partial charge in [0, 0.05) is 43.5 Å². The molecular formula is C21H27N5O2S. The number of anilines is 1. The molecule has 1 saturated heterocycles. The summed E-state index contributed by atoms with van der Waals surface area (Å²) in [4.78, 5) is 17.9. The number of hydrogen-bond acceptors (Lipinski definition) is 8. The summed E-state index contributed by atoms with van der Waals surface area (Å²) < 4.78 is 12.5. The van der Waals surface area contributed by atoms with Crippen molar-refractivity contribution in [1.82, 2.24) is 19.9 Å². The number of aryl methyl sites for hydroxylation is 1. The van der Waals surface area contributed by atoms with Gasteiger partial charge in [0.05, 0.1) is 41.3 Å². The van der Waals surface area contributed by atoms with E-state index in [1.165, 1.54) is 5.56 Å². The predicted octanol–water partition coefficient (Wildman–Crippen LogP) is 3.14. The van der Waals surface area contributed by atoms with Gasteiger partial charge in [0.1, 0.15) is 16.5 Å².